The molecule has 0 spiro atoms. The Balaban J connectivity index is 2.60. The number of fused-ring (bicyclic) bond motifs is 1. The molecule has 1 aromatic rings. The number of benzene rings is 1. The van der Waals surface area contributed by atoms with Gasteiger partial charge in [-0.25, -0.2) is 8.42 Å². The fraction of sp³-hybridized carbons (Fsp3) is 0.500. The van der Waals surface area contributed by atoms with Crippen LogP contribution in [-0.2, 0) is 10.0 Å². The van der Waals surface area contributed by atoms with E-state index in [0.29, 0.717) is 5.75 Å². The molecule has 1 atom stereocenters. The average Bonchev–Trinajstić information content (AvgIpc) is 2.24. The summed E-state index contributed by atoms with van der Waals surface area (Å²) in [7, 11) is -1.58. The van der Waals surface area contributed by atoms with E-state index in [1.807, 2.05) is 57.0 Å². The number of ether oxygens (including phenoxy) is 1. The van der Waals surface area contributed by atoms with Gasteiger partial charge in [-0.2, -0.15) is 0 Å². The van der Waals surface area contributed by atoms with Crippen LogP contribution in [0.25, 0.3) is 0 Å². The molecule has 110 valence electrons. The summed E-state index contributed by atoms with van der Waals surface area (Å²) in [5.41, 5.74) is 0.714. The van der Waals surface area contributed by atoms with E-state index in [2.05, 4.69) is 4.40 Å². The summed E-state index contributed by atoms with van der Waals surface area (Å²) in [6, 6.07) is 7.29. The minimum absolute atomic E-state index is 0.216. The van der Waals surface area contributed by atoms with Gasteiger partial charge in [0.15, 0.2) is 5.75 Å². The van der Waals surface area contributed by atoms with Gasteiger partial charge in [0.1, 0.15) is 6.04 Å². The molecule has 0 saturated heterocycles. The lowest BCUT2D eigenvalue weighted by Crippen LogP contribution is -2.52. The Morgan fingerprint density at radius 2 is 1.85 bits per heavy atom. The van der Waals surface area contributed by atoms with Crippen LogP contribution in [0.15, 0.2) is 28.7 Å². The third kappa shape index (κ3) is 2.95. The van der Waals surface area contributed by atoms with Gasteiger partial charge in [-0.15, -0.1) is 4.40 Å². The van der Waals surface area contributed by atoms with Crippen molar-refractivity contribution in [3.63, 3.8) is 0 Å². The van der Waals surface area contributed by atoms with Crippen molar-refractivity contribution in [2.45, 2.75) is 26.8 Å². The lowest BCUT2D eigenvalue weighted by molar-refractivity contribution is 0.329. The van der Waals surface area contributed by atoms with Gasteiger partial charge in [-0.3, -0.25) is 0 Å². The fourth-order valence-electron chi connectivity index (χ4n) is 2.49. The summed E-state index contributed by atoms with van der Waals surface area (Å²) < 4.78 is 32.5. The zero-order valence-electron chi connectivity index (χ0n) is 12.4. The molecule has 5 nitrogen and oxygen atoms in total. The van der Waals surface area contributed by atoms with E-state index >= 15 is 0 Å². The highest BCUT2D eigenvalue weighted by Gasteiger charge is 2.39. The Labute approximate surface area is 120 Å². The van der Waals surface area contributed by atoms with Gasteiger partial charge in [0.25, 0.3) is 10.0 Å². The third-order valence-electron chi connectivity index (χ3n) is 3.16. The van der Waals surface area contributed by atoms with Gasteiger partial charge in [-0.1, -0.05) is 32.9 Å². The molecule has 6 heteroatoms. The number of sulfonamides is 1. The molecular formula is C14H20N2O3S. The monoisotopic (exact) mass is 296 g/mol. The molecule has 20 heavy (non-hydrogen) atoms. The molecule has 0 aromatic heterocycles. The standard InChI is InChI=1S/C14H20N2O3S/c1-14(2,3)12-13(15-20(5,17)18)19-11-9-7-6-8-10(11)16(12)4/h6-9,12H,1-5H3. The van der Waals surface area contributed by atoms with Crippen LogP contribution in [0, 0.1) is 5.41 Å². The van der Waals surface area contributed by atoms with Crippen LogP contribution in [0.1, 0.15) is 20.8 Å². The Morgan fingerprint density at radius 3 is 2.40 bits per heavy atom. The molecule has 0 aliphatic carbocycles. The van der Waals surface area contributed by atoms with Gasteiger partial charge in [0.05, 0.1) is 11.9 Å². The summed E-state index contributed by atoms with van der Waals surface area (Å²) in [6.45, 7) is 6.09. The minimum atomic E-state index is -3.51. The number of rotatable bonds is 1. The van der Waals surface area contributed by atoms with E-state index in [1.165, 1.54) is 0 Å². The van der Waals surface area contributed by atoms with E-state index in [4.69, 9.17) is 4.74 Å². The first kappa shape index (κ1) is 14.8. The van der Waals surface area contributed by atoms with Crippen LogP contribution in [0.3, 0.4) is 0 Å². The molecule has 0 N–H and O–H groups in total. The van der Waals surface area contributed by atoms with Crippen molar-refractivity contribution >= 4 is 21.6 Å². The van der Waals surface area contributed by atoms with Crippen LogP contribution in [0.2, 0.25) is 0 Å². The Hall–Kier alpha value is -1.56. The first-order valence-electron chi connectivity index (χ1n) is 6.39. The quantitative estimate of drug-likeness (QED) is 0.798. The number of likely N-dealkylation sites (N-methyl/N-ethyl adjacent to an activating group) is 1. The predicted octanol–water partition coefficient (Wildman–Crippen LogP) is 2.29. The molecule has 1 heterocycles. The topological polar surface area (TPSA) is 59.0 Å². The van der Waals surface area contributed by atoms with Gasteiger partial charge < -0.3 is 9.64 Å². The smallest absolute Gasteiger partial charge is 0.253 e. The summed E-state index contributed by atoms with van der Waals surface area (Å²) in [6.07, 6.45) is 1.07. The fourth-order valence-corrected chi connectivity index (χ4v) is 2.96. The molecule has 0 radical (unpaired) electrons. The highest BCUT2D eigenvalue weighted by Crippen LogP contribution is 2.39. The van der Waals surface area contributed by atoms with Crippen molar-refractivity contribution in [1.29, 1.82) is 0 Å². The predicted molar refractivity (Wildman–Crippen MR) is 81.0 cm³/mol. The number of para-hydroxylation sites is 2. The first-order chi connectivity index (χ1) is 9.09. The molecule has 1 aliphatic rings. The van der Waals surface area contributed by atoms with Crippen molar-refractivity contribution in [2.24, 2.45) is 9.81 Å². The van der Waals surface area contributed by atoms with E-state index in [-0.39, 0.29) is 17.4 Å². The SMILES string of the molecule is CN1c2ccccc2OC(=NS(C)(=O)=O)C1C(C)(C)C. The molecule has 0 saturated carbocycles. The van der Waals surface area contributed by atoms with Crippen LogP contribution in [0.5, 0.6) is 5.75 Å². The van der Waals surface area contributed by atoms with E-state index in [9.17, 15) is 8.42 Å². The largest absolute Gasteiger partial charge is 0.438 e. The van der Waals surface area contributed by atoms with E-state index in [0.717, 1.165) is 11.9 Å². The van der Waals surface area contributed by atoms with E-state index in [1.54, 1.807) is 0 Å². The molecule has 2 rings (SSSR count). The molecule has 1 aromatic carbocycles. The number of hydrogen-bond acceptors (Lipinski definition) is 4. The van der Waals surface area contributed by atoms with Gasteiger partial charge in [0.2, 0.25) is 5.90 Å². The summed E-state index contributed by atoms with van der Waals surface area (Å²) in [4.78, 5) is 2.02. The number of nitrogens with zero attached hydrogens (tertiary/aromatic N) is 2. The van der Waals surface area contributed by atoms with E-state index < -0.39 is 10.0 Å². The second kappa shape index (κ2) is 4.77. The maximum absolute atomic E-state index is 11.5. The lowest BCUT2D eigenvalue weighted by atomic mass is 9.84. The molecule has 1 unspecified atom stereocenters. The van der Waals surface area contributed by atoms with Crippen LogP contribution < -0.4 is 9.64 Å². The zero-order valence-corrected chi connectivity index (χ0v) is 13.2. The van der Waals surface area contributed by atoms with Crippen molar-refractivity contribution in [3.05, 3.63) is 24.3 Å². The maximum Gasteiger partial charge on any atom is 0.253 e. The lowest BCUT2D eigenvalue weighted by Gasteiger charge is -2.42. The van der Waals surface area contributed by atoms with Gasteiger partial charge in [0, 0.05) is 7.05 Å². The van der Waals surface area contributed by atoms with Crippen LogP contribution >= 0.6 is 0 Å². The van der Waals surface area contributed by atoms with Crippen molar-refractivity contribution < 1.29 is 13.2 Å². The molecule has 0 bridgehead atoms. The molecular weight excluding hydrogens is 276 g/mol. The van der Waals surface area contributed by atoms with Gasteiger partial charge in [-0.05, 0) is 17.5 Å². The summed E-state index contributed by atoms with van der Waals surface area (Å²) >= 11 is 0. The number of anilines is 1. The van der Waals surface area contributed by atoms with Crippen molar-refractivity contribution in [1.82, 2.24) is 0 Å². The third-order valence-corrected chi connectivity index (χ3v) is 3.67. The molecule has 0 fully saturated rings. The second-order valence-corrected chi connectivity index (χ2v) is 7.76. The first-order valence-corrected chi connectivity index (χ1v) is 8.24. The summed E-state index contributed by atoms with van der Waals surface area (Å²) in [5, 5.41) is 0. The van der Waals surface area contributed by atoms with Crippen molar-refractivity contribution in [2.75, 3.05) is 18.2 Å². The number of hydrogen-bond donors (Lipinski definition) is 0. The van der Waals surface area contributed by atoms with Crippen molar-refractivity contribution in [3.8, 4) is 5.75 Å². The maximum atomic E-state index is 11.5. The summed E-state index contributed by atoms with van der Waals surface area (Å²) in [5.74, 6) is 0.846. The Kier molecular flexibility index (Phi) is 3.54. The van der Waals surface area contributed by atoms with Gasteiger partial charge >= 0.3 is 0 Å². The molecule has 0 amide bonds. The highest BCUT2D eigenvalue weighted by molar-refractivity contribution is 7.89. The average molecular weight is 296 g/mol. The minimum Gasteiger partial charge on any atom is -0.438 e. The zero-order chi connectivity index (χ0) is 15.1. The Bertz CT molecular complexity index is 645. The normalized spacial score (nSPS) is 21.6. The Morgan fingerprint density at radius 1 is 1.25 bits per heavy atom. The second-order valence-electron chi connectivity index (χ2n) is 6.11. The molecule has 1 aliphatic heterocycles. The van der Waals surface area contributed by atoms with Crippen LogP contribution in [0.4, 0.5) is 5.69 Å². The van der Waals surface area contributed by atoms with Crippen LogP contribution in [-0.4, -0.2) is 33.7 Å². The highest BCUT2D eigenvalue weighted by atomic mass is 32.2.